The maximum absolute atomic E-state index is 11.8. The highest BCUT2D eigenvalue weighted by molar-refractivity contribution is 7.10. The van der Waals surface area contributed by atoms with Gasteiger partial charge in [0.2, 0.25) is 5.91 Å². The van der Waals surface area contributed by atoms with Gasteiger partial charge in [0.1, 0.15) is 16.6 Å². The lowest BCUT2D eigenvalue weighted by Gasteiger charge is -2.16. The van der Waals surface area contributed by atoms with Crippen molar-refractivity contribution in [1.82, 2.24) is 4.98 Å². The molecule has 1 fully saturated rings. The quantitative estimate of drug-likeness (QED) is 0.873. The number of hydrogen-bond donors (Lipinski definition) is 1. The summed E-state index contributed by atoms with van der Waals surface area (Å²) in [7, 11) is 0. The van der Waals surface area contributed by atoms with Gasteiger partial charge in [-0.05, 0) is 31.5 Å². The lowest BCUT2D eigenvalue weighted by atomic mass is 10.2. The van der Waals surface area contributed by atoms with Crippen LogP contribution in [0.3, 0.4) is 0 Å². The number of hydrogen-bond acceptors (Lipinski definition) is 5. The number of nitrogens with one attached hydrogen (secondary N) is 1. The number of carbonyl (C=O) groups excluding carboxylic acids is 1. The van der Waals surface area contributed by atoms with E-state index < -0.39 is 0 Å². The number of aryl methyl sites for hydroxylation is 1. The zero-order valence-corrected chi connectivity index (χ0v) is 13.6. The van der Waals surface area contributed by atoms with Gasteiger partial charge in [0.25, 0.3) is 0 Å². The summed E-state index contributed by atoms with van der Waals surface area (Å²) in [6.07, 6.45) is 3.17. The molecular formula is C17H16N4OS. The molecule has 0 bridgehead atoms. The normalized spacial score (nSPS) is 14.9. The second-order valence-corrected chi connectivity index (χ2v) is 6.17. The van der Waals surface area contributed by atoms with E-state index in [-0.39, 0.29) is 5.91 Å². The van der Waals surface area contributed by atoms with E-state index in [2.05, 4.69) is 16.4 Å². The molecule has 23 heavy (non-hydrogen) atoms. The molecular weight excluding hydrogens is 308 g/mol. The second-order valence-electron chi connectivity index (χ2n) is 5.31. The average Bonchev–Trinajstić information content (AvgIpc) is 3.17. The minimum Gasteiger partial charge on any atom is -0.360 e. The zero-order valence-electron chi connectivity index (χ0n) is 12.7. The van der Waals surface area contributed by atoms with Gasteiger partial charge in [0.15, 0.2) is 0 Å². The summed E-state index contributed by atoms with van der Waals surface area (Å²) in [6, 6.07) is 9.81. The van der Waals surface area contributed by atoms with E-state index in [0.29, 0.717) is 17.0 Å². The van der Waals surface area contributed by atoms with Gasteiger partial charge >= 0.3 is 0 Å². The predicted octanol–water partition coefficient (Wildman–Crippen LogP) is 3.55. The minimum absolute atomic E-state index is 0.161. The molecule has 5 nitrogen and oxygen atoms in total. The Balaban J connectivity index is 1.79. The molecule has 1 aliphatic rings. The van der Waals surface area contributed by atoms with Crippen molar-refractivity contribution in [2.75, 3.05) is 16.8 Å². The van der Waals surface area contributed by atoms with Crippen LogP contribution in [0.5, 0.6) is 0 Å². The fraction of sp³-hybridized carbons (Fsp3) is 0.235. The highest BCUT2D eigenvalue weighted by Crippen LogP contribution is 2.25. The van der Waals surface area contributed by atoms with Crippen LogP contribution in [-0.4, -0.2) is 17.4 Å². The molecule has 0 aliphatic carbocycles. The number of rotatable bonds is 4. The topological polar surface area (TPSA) is 69.0 Å². The first kappa shape index (κ1) is 15.3. The molecule has 0 spiro atoms. The lowest BCUT2D eigenvalue weighted by Crippen LogP contribution is -2.23. The van der Waals surface area contributed by atoms with Crippen LogP contribution in [0, 0.1) is 18.3 Å². The van der Waals surface area contributed by atoms with Gasteiger partial charge in [-0.25, -0.2) is 4.98 Å². The van der Waals surface area contributed by atoms with Gasteiger partial charge in [-0.3, -0.25) is 4.79 Å². The van der Waals surface area contributed by atoms with Crippen molar-refractivity contribution in [3.63, 3.8) is 0 Å². The third-order valence-corrected chi connectivity index (χ3v) is 4.58. The molecule has 6 heteroatoms. The van der Waals surface area contributed by atoms with Crippen LogP contribution in [-0.2, 0) is 4.79 Å². The van der Waals surface area contributed by atoms with Crippen molar-refractivity contribution in [2.45, 2.75) is 19.8 Å². The number of benzene rings is 1. The van der Waals surface area contributed by atoms with Gasteiger partial charge in [0.05, 0.1) is 0 Å². The molecule has 1 saturated heterocycles. The first-order valence-electron chi connectivity index (χ1n) is 7.37. The van der Waals surface area contributed by atoms with E-state index in [4.69, 9.17) is 0 Å². The summed E-state index contributed by atoms with van der Waals surface area (Å²) >= 11 is 1.45. The molecule has 1 aromatic carbocycles. The zero-order chi connectivity index (χ0) is 16.2. The molecule has 1 N–H and O–H groups in total. The molecule has 2 aromatic rings. The number of anilines is 2. The van der Waals surface area contributed by atoms with Crippen molar-refractivity contribution in [2.24, 2.45) is 0 Å². The van der Waals surface area contributed by atoms with Crippen molar-refractivity contribution >= 4 is 34.2 Å². The van der Waals surface area contributed by atoms with E-state index in [0.717, 1.165) is 30.0 Å². The molecule has 1 aromatic heterocycles. The van der Waals surface area contributed by atoms with E-state index >= 15 is 0 Å². The number of aromatic nitrogens is 1. The molecule has 1 amide bonds. The Morgan fingerprint density at radius 3 is 3.04 bits per heavy atom. The maximum atomic E-state index is 11.8. The Labute approximate surface area is 138 Å². The number of nitriles is 1. The number of nitrogens with zero attached hydrogens (tertiary/aromatic N) is 3. The smallest absolute Gasteiger partial charge is 0.227 e. The Hall–Kier alpha value is -2.65. The van der Waals surface area contributed by atoms with Crippen LogP contribution in [0.2, 0.25) is 0 Å². The summed E-state index contributed by atoms with van der Waals surface area (Å²) in [5.41, 5.74) is 3.11. The average molecular weight is 324 g/mol. The molecule has 1 aliphatic heterocycles. The number of carbonyl (C=O) groups is 1. The first-order chi connectivity index (χ1) is 11.2. The summed E-state index contributed by atoms with van der Waals surface area (Å²) in [6.45, 7) is 2.67. The van der Waals surface area contributed by atoms with Crippen molar-refractivity contribution in [1.29, 1.82) is 5.26 Å². The Morgan fingerprint density at radius 1 is 1.52 bits per heavy atom. The third kappa shape index (κ3) is 3.41. The highest BCUT2D eigenvalue weighted by atomic mass is 32.1. The maximum Gasteiger partial charge on any atom is 0.227 e. The van der Waals surface area contributed by atoms with Crippen LogP contribution in [0.1, 0.15) is 23.5 Å². The summed E-state index contributed by atoms with van der Waals surface area (Å²) in [5, 5.41) is 15.0. The lowest BCUT2D eigenvalue weighted by molar-refractivity contribution is -0.117. The third-order valence-electron chi connectivity index (χ3n) is 3.58. The summed E-state index contributed by atoms with van der Waals surface area (Å²) in [5.74, 6) is 0.161. The molecule has 0 radical (unpaired) electrons. The van der Waals surface area contributed by atoms with Crippen LogP contribution >= 0.6 is 11.3 Å². The largest absolute Gasteiger partial charge is 0.360 e. The number of thiazole rings is 1. The first-order valence-corrected chi connectivity index (χ1v) is 8.25. The summed E-state index contributed by atoms with van der Waals surface area (Å²) < 4.78 is 0. The van der Waals surface area contributed by atoms with Crippen LogP contribution in [0.25, 0.3) is 5.57 Å². The van der Waals surface area contributed by atoms with E-state index in [1.165, 1.54) is 11.3 Å². The van der Waals surface area contributed by atoms with Crippen LogP contribution in [0.4, 0.5) is 11.4 Å². The van der Waals surface area contributed by atoms with Gasteiger partial charge in [-0.1, -0.05) is 6.07 Å². The highest BCUT2D eigenvalue weighted by Gasteiger charge is 2.21. The minimum atomic E-state index is 0.161. The van der Waals surface area contributed by atoms with Gasteiger partial charge in [-0.2, -0.15) is 5.26 Å². The molecule has 0 unspecified atom stereocenters. The van der Waals surface area contributed by atoms with Gasteiger partial charge in [-0.15, -0.1) is 11.3 Å². The molecule has 3 rings (SSSR count). The van der Waals surface area contributed by atoms with Crippen LogP contribution in [0.15, 0.2) is 35.8 Å². The Morgan fingerprint density at radius 2 is 2.39 bits per heavy atom. The van der Waals surface area contributed by atoms with E-state index in [1.54, 1.807) is 11.1 Å². The standard InChI is InChI=1S/C17H16N4OS/c1-12-11-23-17(20-12)13(9-18)10-19-14-4-2-5-15(8-14)21-7-3-6-16(21)22/h2,4-5,8,10-11,19H,3,6-7H2,1H3/b13-10+. The van der Waals surface area contributed by atoms with E-state index in [9.17, 15) is 10.1 Å². The second kappa shape index (κ2) is 6.63. The Kier molecular flexibility index (Phi) is 4.40. The monoisotopic (exact) mass is 324 g/mol. The SMILES string of the molecule is Cc1csc(/C(C#N)=C/Nc2cccc(N3CCCC3=O)c2)n1. The van der Waals surface area contributed by atoms with Gasteiger partial charge < -0.3 is 10.2 Å². The predicted molar refractivity (Wildman–Crippen MR) is 92.1 cm³/mol. The van der Waals surface area contributed by atoms with E-state index in [1.807, 2.05) is 36.6 Å². The molecule has 2 heterocycles. The Bertz CT molecular complexity index is 803. The van der Waals surface area contributed by atoms with Crippen molar-refractivity contribution < 1.29 is 4.79 Å². The number of amides is 1. The van der Waals surface area contributed by atoms with Crippen molar-refractivity contribution in [3.8, 4) is 6.07 Å². The molecule has 0 atom stereocenters. The summed E-state index contributed by atoms with van der Waals surface area (Å²) in [4.78, 5) is 17.9. The fourth-order valence-corrected chi connectivity index (χ4v) is 3.22. The van der Waals surface area contributed by atoms with Crippen LogP contribution < -0.4 is 10.2 Å². The van der Waals surface area contributed by atoms with Crippen molar-refractivity contribution in [3.05, 3.63) is 46.5 Å². The van der Waals surface area contributed by atoms with Gasteiger partial charge in [0, 0.05) is 41.6 Å². The fourth-order valence-electron chi connectivity index (χ4n) is 2.46. The number of allylic oxidation sites excluding steroid dienone is 1. The molecule has 116 valence electrons. The molecule has 0 saturated carbocycles.